The smallest absolute Gasteiger partial charge is 0.225 e. The summed E-state index contributed by atoms with van der Waals surface area (Å²) in [4.78, 5) is 4.66. The van der Waals surface area contributed by atoms with Gasteiger partial charge in [-0.15, -0.1) is 0 Å². The van der Waals surface area contributed by atoms with Crippen molar-refractivity contribution in [3.63, 3.8) is 0 Å². The monoisotopic (exact) mass is 411 g/mol. The summed E-state index contributed by atoms with van der Waals surface area (Å²) >= 11 is 0. The molecule has 0 saturated heterocycles. The van der Waals surface area contributed by atoms with Gasteiger partial charge in [0.15, 0.2) is 0 Å². The van der Waals surface area contributed by atoms with Gasteiger partial charge in [0.1, 0.15) is 13.2 Å². The number of rotatable bonds is 9. The molecule has 4 aromatic rings. The van der Waals surface area contributed by atoms with E-state index in [2.05, 4.69) is 11.1 Å². The number of hydrogen-bond donors (Lipinski definition) is 1. The van der Waals surface area contributed by atoms with Gasteiger partial charge in [0.2, 0.25) is 11.8 Å². The average Bonchev–Trinajstić information content (AvgIpc) is 2.83. The van der Waals surface area contributed by atoms with E-state index in [-0.39, 0.29) is 6.61 Å². The van der Waals surface area contributed by atoms with Crippen molar-refractivity contribution >= 4 is 0 Å². The van der Waals surface area contributed by atoms with E-state index in [0.29, 0.717) is 31.4 Å². The van der Waals surface area contributed by atoms with E-state index in [0.717, 1.165) is 27.8 Å². The fourth-order valence-electron chi connectivity index (χ4n) is 3.31. The number of pyridine rings is 1. The van der Waals surface area contributed by atoms with Gasteiger partial charge in [-0.05, 0) is 34.7 Å². The summed E-state index contributed by atoms with van der Waals surface area (Å²) in [6, 6.07) is 32.0. The van der Waals surface area contributed by atoms with E-state index < -0.39 is 0 Å². The van der Waals surface area contributed by atoms with E-state index in [1.54, 1.807) is 0 Å². The van der Waals surface area contributed by atoms with Crippen LogP contribution in [0.1, 0.15) is 16.7 Å². The fourth-order valence-corrected chi connectivity index (χ4v) is 3.31. The molecule has 0 atom stereocenters. The van der Waals surface area contributed by atoms with Gasteiger partial charge in [0.25, 0.3) is 0 Å². The van der Waals surface area contributed by atoms with Crippen molar-refractivity contribution in [2.45, 2.75) is 19.6 Å². The molecule has 3 aromatic carbocycles. The van der Waals surface area contributed by atoms with E-state index >= 15 is 0 Å². The fraction of sp³-hybridized carbons (Fsp3) is 0.148. The van der Waals surface area contributed by atoms with Crippen LogP contribution in [0.2, 0.25) is 0 Å². The highest BCUT2D eigenvalue weighted by Gasteiger charge is 2.12. The summed E-state index contributed by atoms with van der Waals surface area (Å²) in [5, 5.41) is 9.28. The highest BCUT2D eigenvalue weighted by atomic mass is 16.5. The Morgan fingerprint density at radius 2 is 1.29 bits per heavy atom. The number of aliphatic hydroxyl groups excluding tert-OH is 1. The molecule has 4 heteroatoms. The van der Waals surface area contributed by atoms with Crippen molar-refractivity contribution in [3.05, 3.63) is 114 Å². The average molecular weight is 412 g/mol. The Morgan fingerprint density at radius 3 is 1.97 bits per heavy atom. The van der Waals surface area contributed by atoms with Crippen molar-refractivity contribution in [1.29, 1.82) is 0 Å². The minimum Gasteiger partial charge on any atom is -0.473 e. The predicted octanol–water partition coefficient (Wildman–Crippen LogP) is 5.44. The number of ether oxygens (including phenoxy) is 2. The Balaban J connectivity index is 1.60. The molecule has 0 aliphatic carbocycles. The van der Waals surface area contributed by atoms with Crippen LogP contribution in [-0.2, 0) is 19.6 Å². The van der Waals surface area contributed by atoms with Crippen LogP contribution < -0.4 is 9.47 Å². The largest absolute Gasteiger partial charge is 0.473 e. The second-order valence-electron chi connectivity index (χ2n) is 7.22. The summed E-state index contributed by atoms with van der Waals surface area (Å²) in [6.07, 6.45) is 0.611. The summed E-state index contributed by atoms with van der Waals surface area (Å²) < 4.78 is 12.0. The lowest BCUT2D eigenvalue weighted by molar-refractivity contribution is 0.268. The number of nitrogens with zero attached hydrogens (tertiary/aromatic N) is 1. The number of hydrogen-bond acceptors (Lipinski definition) is 4. The van der Waals surface area contributed by atoms with Gasteiger partial charge in [0.05, 0.1) is 0 Å². The number of aromatic nitrogens is 1. The third-order valence-corrected chi connectivity index (χ3v) is 4.92. The van der Waals surface area contributed by atoms with Gasteiger partial charge in [-0.1, -0.05) is 84.9 Å². The molecule has 0 unspecified atom stereocenters. The quantitative estimate of drug-likeness (QED) is 0.398. The van der Waals surface area contributed by atoms with Crippen LogP contribution in [0.25, 0.3) is 11.1 Å². The zero-order valence-corrected chi connectivity index (χ0v) is 17.3. The minimum atomic E-state index is 0.116. The molecular formula is C27H25NO3. The van der Waals surface area contributed by atoms with Crippen molar-refractivity contribution in [3.8, 4) is 22.9 Å². The van der Waals surface area contributed by atoms with Gasteiger partial charge < -0.3 is 14.6 Å². The van der Waals surface area contributed by atoms with E-state index in [1.807, 2.05) is 91.0 Å². The molecule has 4 nitrogen and oxygen atoms in total. The summed E-state index contributed by atoms with van der Waals surface area (Å²) in [6.45, 7) is 0.974. The van der Waals surface area contributed by atoms with Gasteiger partial charge in [-0.3, -0.25) is 0 Å². The van der Waals surface area contributed by atoms with Crippen LogP contribution in [0.4, 0.5) is 0 Å². The number of aliphatic hydroxyl groups is 1. The van der Waals surface area contributed by atoms with Crippen molar-refractivity contribution < 1.29 is 14.6 Å². The van der Waals surface area contributed by atoms with E-state index in [4.69, 9.17) is 9.47 Å². The predicted molar refractivity (Wildman–Crippen MR) is 122 cm³/mol. The first kappa shape index (κ1) is 20.6. The van der Waals surface area contributed by atoms with Gasteiger partial charge >= 0.3 is 0 Å². The second-order valence-corrected chi connectivity index (χ2v) is 7.22. The molecule has 1 heterocycles. The van der Waals surface area contributed by atoms with Crippen LogP contribution in [0.15, 0.2) is 97.1 Å². The molecule has 31 heavy (non-hydrogen) atoms. The Hall–Kier alpha value is -3.63. The van der Waals surface area contributed by atoms with E-state index in [1.165, 1.54) is 0 Å². The van der Waals surface area contributed by atoms with E-state index in [9.17, 15) is 5.11 Å². The molecule has 156 valence electrons. The highest BCUT2D eigenvalue weighted by Crippen LogP contribution is 2.32. The molecule has 1 aromatic heterocycles. The van der Waals surface area contributed by atoms with Crippen LogP contribution in [0, 0.1) is 0 Å². The second kappa shape index (κ2) is 10.4. The van der Waals surface area contributed by atoms with Gasteiger partial charge in [0, 0.05) is 18.2 Å². The zero-order valence-electron chi connectivity index (χ0n) is 17.3. The molecule has 1 N–H and O–H groups in total. The first-order valence-corrected chi connectivity index (χ1v) is 10.4. The molecule has 0 radical (unpaired) electrons. The minimum absolute atomic E-state index is 0.116. The van der Waals surface area contributed by atoms with Crippen molar-refractivity contribution in [2.75, 3.05) is 6.61 Å². The summed E-state index contributed by atoms with van der Waals surface area (Å²) in [5.74, 6) is 1.04. The molecule has 0 saturated carbocycles. The third-order valence-electron chi connectivity index (χ3n) is 4.92. The standard InChI is InChI=1S/C27H25NO3/c29-17-16-21-12-7-13-24(18-21)25-14-15-26(30-19-22-8-3-1-4-9-22)28-27(25)31-20-23-10-5-2-6-11-23/h1-15,18,29H,16-17,19-20H2. The summed E-state index contributed by atoms with van der Waals surface area (Å²) in [7, 11) is 0. The van der Waals surface area contributed by atoms with Gasteiger partial charge in [-0.25, -0.2) is 0 Å². The molecule has 4 rings (SSSR count). The third kappa shape index (κ3) is 5.71. The van der Waals surface area contributed by atoms with Crippen molar-refractivity contribution in [1.82, 2.24) is 4.98 Å². The Kier molecular flexibility index (Phi) is 6.93. The topological polar surface area (TPSA) is 51.6 Å². The van der Waals surface area contributed by atoms with Gasteiger partial charge in [-0.2, -0.15) is 4.98 Å². The molecule has 0 bridgehead atoms. The Morgan fingerprint density at radius 1 is 0.645 bits per heavy atom. The highest BCUT2D eigenvalue weighted by molar-refractivity contribution is 5.69. The molecular weight excluding hydrogens is 386 g/mol. The first-order chi connectivity index (χ1) is 15.3. The van der Waals surface area contributed by atoms with Crippen LogP contribution >= 0.6 is 0 Å². The lowest BCUT2D eigenvalue weighted by Crippen LogP contribution is -2.02. The SMILES string of the molecule is OCCc1cccc(-c2ccc(OCc3ccccc3)nc2OCc2ccccc2)c1. The van der Waals surface area contributed by atoms with Crippen LogP contribution in [-0.4, -0.2) is 16.7 Å². The van der Waals surface area contributed by atoms with Crippen molar-refractivity contribution in [2.24, 2.45) is 0 Å². The molecule has 0 fully saturated rings. The number of benzene rings is 3. The Labute approximate surface area is 182 Å². The molecule has 0 aliphatic heterocycles. The first-order valence-electron chi connectivity index (χ1n) is 10.4. The maximum atomic E-state index is 9.28. The van der Waals surface area contributed by atoms with Crippen LogP contribution in [0.5, 0.6) is 11.8 Å². The molecule has 0 amide bonds. The maximum absolute atomic E-state index is 9.28. The normalized spacial score (nSPS) is 10.6. The Bertz CT molecular complexity index is 1100. The lowest BCUT2D eigenvalue weighted by atomic mass is 10.0. The summed E-state index contributed by atoms with van der Waals surface area (Å²) in [5.41, 5.74) is 5.11. The van der Waals surface area contributed by atoms with Crippen LogP contribution in [0.3, 0.4) is 0 Å². The molecule has 0 aliphatic rings. The molecule has 0 spiro atoms. The zero-order chi connectivity index (χ0) is 21.3. The lowest BCUT2D eigenvalue weighted by Gasteiger charge is -2.14. The maximum Gasteiger partial charge on any atom is 0.225 e.